The van der Waals surface area contributed by atoms with Crippen LogP contribution < -0.4 is 10.3 Å². The summed E-state index contributed by atoms with van der Waals surface area (Å²) in [5.74, 6) is -0.583. The standard InChI is InChI=1S/C21H25N3O5S2/c1-12-13(2)15(4)20(16(5)14(12)3)31(27,28)22-7-6-19(26)29-11-17-10-18(25)24-8-9-30-21(24)23-17/h8-10,22H,6-7,11H2,1-5H3. The highest BCUT2D eigenvalue weighted by molar-refractivity contribution is 7.89. The van der Waals surface area contributed by atoms with Gasteiger partial charge in [0.25, 0.3) is 5.56 Å². The lowest BCUT2D eigenvalue weighted by Gasteiger charge is -2.19. The third-order valence-corrected chi connectivity index (χ3v) is 8.05. The highest BCUT2D eigenvalue weighted by Crippen LogP contribution is 2.29. The van der Waals surface area contributed by atoms with E-state index in [0.717, 1.165) is 16.7 Å². The van der Waals surface area contributed by atoms with E-state index in [4.69, 9.17) is 4.74 Å². The average Bonchev–Trinajstić information content (AvgIpc) is 3.18. The molecule has 8 nitrogen and oxygen atoms in total. The quantitative estimate of drug-likeness (QED) is 0.540. The number of esters is 1. The Hall–Kier alpha value is -2.56. The van der Waals surface area contributed by atoms with Crippen molar-refractivity contribution in [1.82, 2.24) is 14.1 Å². The van der Waals surface area contributed by atoms with Gasteiger partial charge in [-0.25, -0.2) is 18.1 Å². The first-order valence-corrected chi connectivity index (χ1v) is 12.1. The fourth-order valence-electron chi connectivity index (χ4n) is 3.42. The van der Waals surface area contributed by atoms with Crippen molar-refractivity contribution in [2.75, 3.05) is 6.54 Å². The highest BCUT2D eigenvalue weighted by atomic mass is 32.2. The van der Waals surface area contributed by atoms with Gasteiger partial charge in [-0.15, -0.1) is 11.3 Å². The molecule has 31 heavy (non-hydrogen) atoms. The third kappa shape index (κ3) is 4.70. The van der Waals surface area contributed by atoms with Crippen LogP contribution in [-0.2, 0) is 26.2 Å². The van der Waals surface area contributed by atoms with Crippen molar-refractivity contribution in [2.45, 2.75) is 52.5 Å². The van der Waals surface area contributed by atoms with Crippen molar-refractivity contribution in [2.24, 2.45) is 0 Å². The molecule has 0 unspecified atom stereocenters. The maximum absolute atomic E-state index is 12.9. The Morgan fingerprint density at radius 1 is 1.10 bits per heavy atom. The minimum atomic E-state index is -3.78. The zero-order valence-corrected chi connectivity index (χ0v) is 19.7. The summed E-state index contributed by atoms with van der Waals surface area (Å²) in [7, 11) is -3.78. The number of fused-ring (bicyclic) bond motifs is 1. The number of nitrogens with zero attached hydrogens (tertiary/aromatic N) is 2. The first-order valence-electron chi connectivity index (χ1n) is 9.71. The molecule has 0 fully saturated rings. The summed E-state index contributed by atoms with van der Waals surface area (Å²) in [6.45, 7) is 9.12. The molecule has 0 spiro atoms. The first kappa shape index (κ1) is 23.1. The van der Waals surface area contributed by atoms with Crippen molar-refractivity contribution in [3.63, 3.8) is 0 Å². The van der Waals surface area contributed by atoms with E-state index >= 15 is 0 Å². The number of rotatable bonds is 7. The highest BCUT2D eigenvalue weighted by Gasteiger charge is 2.23. The molecule has 3 rings (SSSR count). The van der Waals surface area contributed by atoms with E-state index in [1.807, 2.05) is 20.8 Å². The van der Waals surface area contributed by atoms with Crippen LogP contribution in [0.2, 0.25) is 0 Å². The fraction of sp³-hybridized carbons (Fsp3) is 0.381. The van der Waals surface area contributed by atoms with E-state index in [-0.39, 0.29) is 30.0 Å². The van der Waals surface area contributed by atoms with E-state index in [1.54, 1.807) is 25.4 Å². The van der Waals surface area contributed by atoms with Crippen molar-refractivity contribution >= 4 is 32.3 Å². The minimum absolute atomic E-state index is 0.0912. The average molecular weight is 464 g/mol. The Morgan fingerprint density at radius 3 is 2.35 bits per heavy atom. The number of benzene rings is 1. The number of hydrogen-bond donors (Lipinski definition) is 1. The van der Waals surface area contributed by atoms with E-state index in [2.05, 4.69) is 9.71 Å². The van der Waals surface area contributed by atoms with Gasteiger partial charge in [0.05, 0.1) is 17.0 Å². The lowest BCUT2D eigenvalue weighted by molar-refractivity contribution is -0.144. The first-order chi connectivity index (χ1) is 14.5. The zero-order chi connectivity index (χ0) is 22.9. The van der Waals surface area contributed by atoms with Crippen LogP contribution in [0.5, 0.6) is 0 Å². The molecule has 0 bridgehead atoms. The molecule has 1 N–H and O–H groups in total. The Balaban J connectivity index is 1.61. The summed E-state index contributed by atoms with van der Waals surface area (Å²) in [5.41, 5.74) is 4.46. The molecule has 2 aromatic heterocycles. The summed E-state index contributed by atoms with van der Waals surface area (Å²) < 4.78 is 34.8. The summed E-state index contributed by atoms with van der Waals surface area (Å²) in [6.07, 6.45) is 1.49. The van der Waals surface area contributed by atoms with Crippen LogP contribution in [-0.4, -0.2) is 30.3 Å². The summed E-state index contributed by atoms with van der Waals surface area (Å²) >= 11 is 1.30. The topological polar surface area (TPSA) is 107 Å². The van der Waals surface area contributed by atoms with Gasteiger partial charge in [0.2, 0.25) is 10.0 Å². The number of nitrogens with one attached hydrogen (secondary N) is 1. The Kier molecular flexibility index (Phi) is 6.63. The van der Waals surface area contributed by atoms with E-state index < -0.39 is 16.0 Å². The van der Waals surface area contributed by atoms with Crippen LogP contribution in [0.15, 0.2) is 27.3 Å². The molecule has 2 heterocycles. The predicted octanol–water partition coefficient (Wildman–Crippen LogP) is 2.71. The molecule has 0 aliphatic carbocycles. The van der Waals surface area contributed by atoms with Gasteiger partial charge < -0.3 is 4.74 Å². The smallest absolute Gasteiger partial charge is 0.307 e. The number of thiazole rings is 1. The van der Waals surface area contributed by atoms with Gasteiger partial charge in [0.1, 0.15) is 6.61 Å². The fourth-order valence-corrected chi connectivity index (χ4v) is 5.78. The van der Waals surface area contributed by atoms with Crippen LogP contribution in [0.1, 0.15) is 39.9 Å². The molecule has 0 amide bonds. The maximum Gasteiger partial charge on any atom is 0.307 e. The number of aromatic nitrogens is 2. The van der Waals surface area contributed by atoms with Gasteiger partial charge >= 0.3 is 5.97 Å². The maximum atomic E-state index is 12.9. The molecule has 10 heteroatoms. The van der Waals surface area contributed by atoms with Crippen molar-refractivity contribution in [1.29, 1.82) is 0 Å². The number of ether oxygens (including phenoxy) is 1. The molecule has 1 aromatic carbocycles. The molecule has 0 saturated heterocycles. The zero-order valence-electron chi connectivity index (χ0n) is 18.1. The second-order valence-corrected chi connectivity index (χ2v) is 9.98. The van der Waals surface area contributed by atoms with Crippen LogP contribution in [0.25, 0.3) is 4.96 Å². The van der Waals surface area contributed by atoms with E-state index in [1.165, 1.54) is 21.8 Å². The lowest BCUT2D eigenvalue weighted by Crippen LogP contribution is -2.28. The van der Waals surface area contributed by atoms with Gasteiger partial charge in [-0.1, -0.05) is 0 Å². The Labute approximate surface area is 185 Å². The van der Waals surface area contributed by atoms with Gasteiger partial charge in [0, 0.05) is 24.2 Å². The molecular formula is C21H25N3O5S2. The van der Waals surface area contributed by atoms with Crippen LogP contribution in [0, 0.1) is 34.6 Å². The lowest BCUT2D eigenvalue weighted by atomic mass is 9.95. The molecule has 0 aliphatic heterocycles. The van der Waals surface area contributed by atoms with Crippen LogP contribution in [0.3, 0.4) is 0 Å². The number of carbonyl (C=O) groups excluding carboxylic acids is 1. The van der Waals surface area contributed by atoms with E-state index in [0.29, 0.717) is 21.8 Å². The van der Waals surface area contributed by atoms with Crippen molar-refractivity contribution < 1.29 is 17.9 Å². The number of hydrogen-bond acceptors (Lipinski definition) is 7. The molecule has 0 radical (unpaired) electrons. The Morgan fingerprint density at radius 2 is 1.71 bits per heavy atom. The molecule has 0 aliphatic rings. The second-order valence-electron chi connectivity index (χ2n) is 7.40. The number of sulfonamides is 1. The van der Waals surface area contributed by atoms with Gasteiger partial charge in [-0.3, -0.25) is 14.0 Å². The molecule has 166 valence electrons. The van der Waals surface area contributed by atoms with Gasteiger partial charge in [0.15, 0.2) is 4.96 Å². The van der Waals surface area contributed by atoms with Crippen LogP contribution >= 0.6 is 11.3 Å². The molecule has 0 atom stereocenters. The van der Waals surface area contributed by atoms with Gasteiger partial charge in [-0.05, 0) is 62.4 Å². The summed E-state index contributed by atoms with van der Waals surface area (Å²) in [5, 5.41) is 1.74. The van der Waals surface area contributed by atoms with Crippen molar-refractivity contribution in [3.05, 3.63) is 61.5 Å². The predicted molar refractivity (Wildman–Crippen MR) is 119 cm³/mol. The van der Waals surface area contributed by atoms with Crippen molar-refractivity contribution in [3.8, 4) is 0 Å². The minimum Gasteiger partial charge on any atom is -0.459 e. The third-order valence-electron chi connectivity index (χ3n) is 5.56. The monoisotopic (exact) mass is 463 g/mol. The molecule has 0 saturated carbocycles. The molecule has 3 aromatic rings. The largest absolute Gasteiger partial charge is 0.459 e. The second kappa shape index (κ2) is 8.89. The Bertz CT molecular complexity index is 1290. The SMILES string of the molecule is Cc1c(C)c(C)c(S(=O)(=O)NCCC(=O)OCc2cc(=O)n3ccsc3n2)c(C)c1C. The molecular weight excluding hydrogens is 438 g/mol. The number of carbonyl (C=O) groups is 1. The summed E-state index contributed by atoms with van der Waals surface area (Å²) in [6, 6.07) is 1.31. The normalized spacial score (nSPS) is 11.8. The summed E-state index contributed by atoms with van der Waals surface area (Å²) in [4.78, 5) is 29.1. The van der Waals surface area contributed by atoms with E-state index in [9.17, 15) is 18.0 Å². The van der Waals surface area contributed by atoms with Gasteiger partial charge in [-0.2, -0.15) is 0 Å². The van der Waals surface area contributed by atoms with Crippen LogP contribution in [0.4, 0.5) is 0 Å².